The number of ketones is 2. The summed E-state index contributed by atoms with van der Waals surface area (Å²) < 4.78 is 17.4. The van der Waals surface area contributed by atoms with Crippen LogP contribution < -0.4 is 16.0 Å². The summed E-state index contributed by atoms with van der Waals surface area (Å²) in [7, 11) is 0. The van der Waals surface area contributed by atoms with Crippen molar-refractivity contribution in [1.29, 1.82) is 0 Å². The number of halogens is 1. The summed E-state index contributed by atoms with van der Waals surface area (Å²) in [5.74, 6) is -5.72. The van der Waals surface area contributed by atoms with E-state index >= 15 is 0 Å². The molecule has 0 bridgehead atoms. The molecule has 41 heavy (non-hydrogen) atoms. The molecule has 1 atom stereocenters. The van der Waals surface area contributed by atoms with Gasteiger partial charge in [-0.2, -0.15) is 0 Å². The molecule has 11 nitrogen and oxygen atoms in total. The number of amides is 3. The van der Waals surface area contributed by atoms with E-state index in [-0.39, 0.29) is 23.5 Å². The van der Waals surface area contributed by atoms with E-state index in [1.54, 1.807) is 66.7 Å². The fourth-order valence-corrected chi connectivity index (χ4v) is 4.24. The maximum absolute atomic E-state index is 13.0. The Labute approximate surface area is 232 Å². The van der Waals surface area contributed by atoms with E-state index in [4.69, 9.17) is 4.74 Å². The molecule has 0 aromatic heterocycles. The third kappa shape index (κ3) is 6.86. The molecule has 0 fully saturated rings. The van der Waals surface area contributed by atoms with Crippen LogP contribution in [-0.2, 0) is 35.5 Å². The van der Waals surface area contributed by atoms with E-state index in [1.165, 1.54) is 6.07 Å². The zero-order valence-electron chi connectivity index (χ0n) is 21.5. The number of carbonyl (C=O) groups excluding carboxylic acids is 6. The van der Waals surface area contributed by atoms with E-state index in [2.05, 4.69) is 15.6 Å². The molecule has 3 N–H and O–H groups in total. The Morgan fingerprint density at radius 3 is 2.20 bits per heavy atom. The second kappa shape index (κ2) is 13.2. The minimum atomic E-state index is -1.50. The number of rotatable bonds is 12. The Balaban J connectivity index is 1.40. The molecule has 1 unspecified atom stereocenters. The summed E-state index contributed by atoms with van der Waals surface area (Å²) in [6.07, 6.45) is 0. The summed E-state index contributed by atoms with van der Waals surface area (Å²) in [4.78, 5) is 77.4. The van der Waals surface area contributed by atoms with Gasteiger partial charge in [0.15, 0.2) is 5.78 Å². The summed E-state index contributed by atoms with van der Waals surface area (Å²) in [5.41, 5.74) is 2.84. The van der Waals surface area contributed by atoms with Gasteiger partial charge in [-0.3, -0.25) is 28.9 Å². The Morgan fingerprint density at radius 2 is 1.46 bits per heavy atom. The lowest BCUT2D eigenvalue weighted by molar-refractivity contribution is -0.182. The van der Waals surface area contributed by atoms with Gasteiger partial charge in [-0.1, -0.05) is 66.7 Å². The van der Waals surface area contributed by atoms with Crippen LogP contribution in [0, 0.1) is 0 Å². The van der Waals surface area contributed by atoms with Crippen LogP contribution in [0.2, 0.25) is 0 Å². The lowest BCUT2D eigenvalue weighted by atomic mass is 10.0. The highest BCUT2D eigenvalue weighted by molar-refractivity contribution is 6.38. The topological polar surface area (TPSA) is 157 Å². The third-order valence-corrected chi connectivity index (χ3v) is 6.16. The quantitative estimate of drug-likeness (QED) is 0.219. The minimum Gasteiger partial charge on any atom is -0.374 e. The molecule has 0 saturated heterocycles. The van der Waals surface area contributed by atoms with Gasteiger partial charge in [0.1, 0.15) is 12.6 Å². The first-order valence-corrected chi connectivity index (χ1v) is 12.4. The van der Waals surface area contributed by atoms with Crippen molar-refractivity contribution in [2.45, 2.75) is 12.6 Å². The molecule has 0 radical (unpaired) electrons. The second-order valence-electron chi connectivity index (χ2n) is 8.90. The Bertz CT molecular complexity index is 1510. The normalized spacial score (nSPS) is 12.0. The van der Waals surface area contributed by atoms with Crippen LogP contribution in [0.15, 0.2) is 72.8 Å². The summed E-state index contributed by atoms with van der Waals surface area (Å²) in [6.45, 7) is -1.87. The maximum atomic E-state index is 13.0. The molecule has 1 aliphatic rings. The number of nitrogens with one attached hydrogen (secondary N) is 3. The fraction of sp³-hybridized carbons (Fsp3) is 0.172. The Hall–Kier alpha value is -5.23. The van der Waals surface area contributed by atoms with Crippen molar-refractivity contribution < 1.29 is 43.0 Å². The van der Waals surface area contributed by atoms with E-state index < -0.39 is 55.2 Å². The van der Waals surface area contributed by atoms with Crippen LogP contribution in [0.1, 0.15) is 31.8 Å². The van der Waals surface area contributed by atoms with Crippen LogP contribution in [-0.4, -0.2) is 61.0 Å². The SMILES string of the molecule is O=C(CNC(=O)c1cccc2c1C(=O)c1ccccc1-2)NC(COCc1ccccc1)C(=O)C(=O)NCC(=O)OF. The van der Waals surface area contributed by atoms with Crippen molar-refractivity contribution in [2.24, 2.45) is 0 Å². The molecule has 0 saturated carbocycles. The zero-order valence-corrected chi connectivity index (χ0v) is 21.5. The highest BCUT2D eigenvalue weighted by atomic mass is 19.3. The number of fused-ring (bicyclic) bond motifs is 3. The number of carbonyl (C=O) groups is 6. The summed E-state index contributed by atoms with van der Waals surface area (Å²) >= 11 is 0. The average Bonchev–Trinajstić information content (AvgIpc) is 3.30. The van der Waals surface area contributed by atoms with Crippen LogP contribution in [0.3, 0.4) is 0 Å². The molecule has 1 aliphatic carbocycles. The van der Waals surface area contributed by atoms with Crippen molar-refractivity contribution in [3.63, 3.8) is 0 Å². The van der Waals surface area contributed by atoms with Crippen molar-refractivity contribution in [2.75, 3.05) is 19.7 Å². The zero-order chi connectivity index (χ0) is 29.4. The molecular formula is C29H24FN3O8. The van der Waals surface area contributed by atoms with E-state index in [0.29, 0.717) is 16.7 Å². The van der Waals surface area contributed by atoms with Crippen LogP contribution in [0.4, 0.5) is 4.53 Å². The van der Waals surface area contributed by atoms with Gasteiger partial charge < -0.3 is 20.7 Å². The molecule has 0 heterocycles. The molecule has 3 aromatic carbocycles. The van der Waals surface area contributed by atoms with Crippen molar-refractivity contribution in [3.05, 3.63) is 95.1 Å². The molecule has 3 amide bonds. The molecule has 4 rings (SSSR count). The Morgan fingerprint density at radius 1 is 0.780 bits per heavy atom. The number of ether oxygens (including phenoxy) is 1. The van der Waals surface area contributed by atoms with Crippen LogP contribution >= 0.6 is 0 Å². The molecule has 0 spiro atoms. The van der Waals surface area contributed by atoms with Gasteiger partial charge in [0, 0.05) is 15.7 Å². The molecule has 0 aliphatic heterocycles. The van der Waals surface area contributed by atoms with Gasteiger partial charge in [-0.15, -0.1) is 0 Å². The number of hydrogen-bond acceptors (Lipinski definition) is 8. The van der Waals surface area contributed by atoms with Crippen LogP contribution in [0.5, 0.6) is 0 Å². The Kier molecular flexibility index (Phi) is 9.28. The number of benzene rings is 3. The first-order valence-electron chi connectivity index (χ1n) is 12.4. The van der Waals surface area contributed by atoms with Gasteiger partial charge in [-0.05, 0) is 22.8 Å². The predicted octanol–water partition coefficient (Wildman–Crippen LogP) is 1.44. The first kappa shape index (κ1) is 28.8. The largest absolute Gasteiger partial charge is 0.374 e. The first-order chi connectivity index (χ1) is 19.8. The second-order valence-corrected chi connectivity index (χ2v) is 8.90. The van der Waals surface area contributed by atoms with E-state index in [9.17, 15) is 33.3 Å². The monoisotopic (exact) mass is 561 g/mol. The van der Waals surface area contributed by atoms with Gasteiger partial charge in [0.2, 0.25) is 11.7 Å². The maximum Gasteiger partial charge on any atom is 0.367 e. The fourth-order valence-electron chi connectivity index (χ4n) is 4.24. The molecular weight excluding hydrogens is 537 g/mol. The lowest BCUT2D eigenvalue weighted by Crippen LogP contribution is -2.52. The number of hydrogen-bond donors (Lipinski definition) is 3. The van der Waals surface area contributed by atoms with Crippen molar-refractivity contribution >= 4 is 35.3 Å². The molecule has 210 valence electrons. The highest BCUT2D eigenvalue weighted by Gasteiger charge is 2.31. The van der Waals surface area contributed by atoms with Crippen molar-refractivity contribution in [1.82, 2.24) is 16.0 Å². The van der Waals surface area contributed by atoms with Crippen molar-refractivity contribution in [3.8, 4) is 11.1 Å². The van der Waals surface area contributed by atoms with E-state index in [0.717, 1.165) is 5.56 Å². The van der Waals surface area contributed by atoms with Crippen LogP contribution in [0.25, 0.3) is 11.1 Å². The third-order valence-electron chi connectivity index (χ3n) is 6.16. The van der Waals surface area contributed by atoms with Gasteiger partial charge in [0.05, 0.1) is 25.3 Å². The molecule has 12 heteroatoms. The van der Waals surface area contributed by atoms with Gasteiger partial charge in [-0.25, -0.2) is 4.79 Å². The van der Waals surface area contributed by atoms with E-state index in [1.807, 2.05) is 5.32 Å². The smallest absolute Gasteiger partial charge is 0.367 e. The minimum absolute atomic E-state index is 0.0581. The summed E-state index contributed by atoms with van der Waals surface area (Å²) in [5, 5.41) is 6.63. The number of Topliss-reactive ketones (excluding diaryl/α,β-unsaturated/α-hetero) is 1. The lowest BCUT2D eigenvalue weighted by Gasteiger charge is -2.18. The highest BCUT2D eigenvalue weighted by Crippen LogP contribution is 2.37. The van der Waals surface area contributed by atoms with Gasteiger partial charge >= 0.3 is 5.97 Å². The average molecular weight is 562 g/mol. The van der Waals surface area contributed by atoms with Gasteiger partial charge in [0.25, 0.3) is 11.8 Å². The standard InChI is InChI=1S/C29H24FN3O8/c30-41-24(35)14-32-29(39)27(37)22(16-40-15-17-7-2-1-3-8-17)33-23(34)13-31-28(38)21-12-6-11-19-18-9-4-5-10-20(18)26(36)25(19)21/h1-12,22H,13-16H2,(H,31,38)(H,32,39)(H,33,34). The summed E-state index contributed by atoms with van der Waals surface area (Å²) in [6, 6.07) is 19.2. The molecule has 3 aromatic rings. The predicted molar refractivity (Wildman–Crippen MR) is 141 cm³/mol.